The Bertz CT molecular complexity index is 1660. The lowest BCUT2D eigenvalue weighted by Gasteiger charge is -2.39. The van der Waals surface area contributed by atoms with E-state index in [0.717, 1.165) is 72.4 Å². The zero-order chi connectivity index (χ0) is 28.3. The molecule has 1 saturated carbocycles. The van der Waals surface area contributed by atoms with Crippen LogP contribution in [0.2, 0.25) is 0 Å². The first-order valence-corrected chi connectivity index (χ1v) is 14.9. The molecular formula is C33H35N7O2. The van der Waals surface area contributed by atoms with Gasteiger partial charge in [0.25, 0.3) is 0 Å². The van der Waals surface area contributed by atoms with Crippen LogP contribution in [0.5, 0.6) is 0 Å². The standard InChI is InChI=1S/C33H35N7O2/c41-31(17-22-2-1-3-28(16-22)40-12-14-42-15-13-40)30-18-24-4-5-25(19-29(24)38-30)33-34-11-10-32(39-33)37-27-8-6-23(7-9-27)26-20-35-36-21-26/h4-11,18-22,28,38H,1-3,12-17H2,(H,35,36)(H,34,37,39). The van der Waals surface area contributed by atoms with Gasteiger partial charge in [-0.1, -0.05) is 30.7 Å². The van der Waals surface area contributed by atoms with Crippen molar-refractivity contribution in [2.75, 3.05) is 31.6 Å². The van der Waals surface area contributed by atoms with Gasteiger partial charge in [0, 0.05) is 65.7 Å². The van der Waals surface area contributed by atoms with Crippen LogP contribution in [0.3, 0.4) is 0 Å². The Labute approximate surface area is 244 Å². The Morgan fingerprint density at radius 2 is 1.86 bits per heavy atom. The van der Waals surface area contributed by atoms with Gasteiger partial charge in [0.05, 0.1) is 25.1 Å². The smallest absolute Gasteiger partial charge is 0.179 e. The Hall–Kier alpha value is -4.34. The maximum atomic E-state index is 13.3. The highest BCUT2D eigenvalue weighted by atomic mass is 16.5. The second-order valence-electron chi connectivity index (χ2n) is 11.4. The number of aromatic amines is 2. The van der Waals surface area contributed by atoms with Crippen LogP contribution in [-0.2, 0) is 4.74 Å². The molecule has 1 saturated heterocycles. The first kappa shape index (κ1) is 26.6. The molecule has 1 aliphatic carbocycles. The maximum absolute atomic E-state index is 13.3. The summed E-state index contributed by atoms with van der Waals surface area (Å²) >= 11 is 0. The summed E-state index contributed by atoms with van der Waals surface area (Å²) in [7, 11) is 0. The van der Waals surface area contributed by atoms with Crippen molar-refractivity contribution in [3.63, 3.8) is 0 Å². The van der Waals surface area contributed by atoms with Crippen LogP contribution in [0.15, 0.2) is 73.2 Å². The van der Waals surface area contributed by atoms with Gasteiger partial charge in [0.1, 0.15) is 5.82 Å². The summed E-state index contributed by atoms with van der Waals surface area (Å²) in [6, 6.07) is 18.6. The minimum absolute atomic E-state index is 0.196. The quantitative estimate of drug-likeness (QED) is 0.193. The van der Waals surface area contributed by atoms with Crippen molar-refractivity contribution in [2.24, 2.45) is 5.92 Å². The van der Waals surface area contributed by atoms with E-state index in [0.29, 0.717) is 35.7 Å². The number of H-pyrrole nitrogens is 2. The van der Waals surface area contributed by atoms with Crippen molar-refractivity contribution < 1.29 is 9.53 Å². The van der Waals surface area contributed by atoms with Gasteiger partial charge < -0.3 is 15.0 Å². The highest BCUT2D eigenvalue weighted by Crippen LogP contribution is 2.32. The molecule has 9 heteroatoms. The van der Waals surface area contributed by atoms with Gasteiger partial charge in [-0.05, 0) is 61.1 Å². The van der Waals surface area contributed by atoms with Gasteiger partial charge >= 0.3 is 0 Å². The lowest BCUT2D eigenvalue weighted by atomic mass is 9.81. The van der Waals surface area contributed by atoms with Crippen LogP contribution in [0, 0.1) is 5.92 Å². The first-order valence-electron chi connectivity index (χ1n) is 14.9. The molecule has 2 unspecified atom stereocenters. The van der Waals surface area contributed by atoms with Crippen molar-refractivity contribution in [1.82, 2.24) is 30.0 Å². The van der Waals surface area contributed by atoms with E-state index in [1.54, 1.807) is 12.4 Å². The molecule has 1 aliphatic heterocycles. The van der Waals surface area contributed by atoms with Gasteiger partial charge in [0.15, 0.2) is 11.6 Å². The number of hydrogen-bond donors (Lipinski definition) is 3. The van der Waals surface area contributed by atoms with Crippen molar-refractivity contribution in [3.05, 3.63) is 78.9 Å². The summed E-state index contributed by atoms with van der Waals surface area (Å²) in [5, 5.41) is 11.2. The minimum atomic E-state index is 0.196. The molecule has 0 radical (unpaired) electrons. The number of ketones is 1. The summed E-state index contributed by atoms with van der Waals surface area (Å²) in [6.07, 6.45) is 10.7. The monoisotopic (exact) mass is 561 g/mol. The number of ether oxygens (including phenoxy) is 1. The van der Waals surface area contributed by atoms with E-state index in [1.807, 2.05) is 60.8 Å². The Kier molecular flexibility index (Phi) is 7.51. The maximum Gasteiger partial charge on any atom is 0.179 e. The minimum Gasteiger partial charge on any atom is -0.379 e. The zero-order valence-electron chi connectivity index (χ0n) is 23.6. The number of carbonyl (C=O) groups is 1. The fourth-order valence-electron chi connectivity index (χ4n) is 6.38. The molecule has 2 aromatic carbocycles. The number of nitrogens with zero attached hydrogens (tertiary/aromatic N) is 4. The molecule has 3 N–H and O–H groups in total. The lowest BCUT2D eigenvalue weighted by molar-refractivity contribution is 0.00265. The average Bonchev–Trinajstić information content (AvgIpc) is 3.73. The van der Waals surface area contributed by atoms with Crippen molar-refractivity contribution in [3.8, 4) is 22.5 Å². The normalized spacial score (nSPS) is 19.6. The summed E-state index contributed by atoms with van der Waals surface area (Å²) in [6.45, 7) is 3.67. The third kappa shape index (κ3) is 5.84. The number of benzene rings is 2. The topological polar surface area (TPSA) is 112 Å². The molecule has 2 atom stereocenters. The zero-order valence-corrected chi connectivity index (χ0v) is 23.6. The van der Waals surface area contributed by atoms with E-state index in [4.69, 9.17) is 9.72 Å². The third-order valence-corrected chi connectivity index (χ3v) is 8.62. The van der Waals surface area contributed by atoms with E-state index >= 15 is 0 Å². The molecular weight excluding hydrogens is 526 g/mol. The predicted octanol–water partition coefficient (Wildman–Crippen LogP) is 6.22. The molecule has 2 fully saturated rings. The summed E-state index contributed by atoms with van der Waals surface area (Å²) in [4.78, 5) is 28.5. The summed E-state index contributed by atoms with van der Waals surface area (Å²) in [5.41, 5.74) is 5.56. The molecule has 0 spiro atoms. The number of carbonyl (C=O) groups excluding carboxylic acids is 1. The Balaban J connectivity index is 1.02. The number of anilines is 2. The van der Waals surface area contributed by atoms with E-state index in [-0.39, 0.29) is 5.78 Å². The van der Waals surface area contributed by atoms with E-state index in [9.17, 15) is 4.79 Å². The fourth-order valence-corrected chi connectivity index (χ4v) is 6.38. The molecule has 5 aromatic rings. The van der Waals surface area contributed by atoms with Gasteiger partial charge in [0.2, 0.25) is 0 Å². The molecule has 9 nitrogen and oxygen atoms in total. The van der Waals surface area contributed by atoms with Crippen LogP contribution in [0.4, 0.5) is 11.5 Å². The largest absolute Gasteiger partial charge is 0.379 e. The number of nitrogens with one attached hydrogen (secondary N) is 3. The van der Waals surface area contributed by atoms with Crippen LogP contribution >= 0.6 is 0 Å². The number of aromatic nitrogens is 5. The van der Waals surface area contributed by atoms with Gasteiger partial charge in [-0.3, -0.25) is 14.8 Å². The van der Waals surface area contributed by atoms with E-state index in [2.05, 4.69) is 30.4 Å². The number of rotatable bonds is 8. The van der Waals surface area contributed by atoms with Crippen molar-refractivity contribution in [1.29, 1.82) is 0 Å². The second-order valence-corrected chi connectivity index (χ2v) is 11.4. The average molecular weight is 562 g/mol. The van der Waals surface area contributed by atoms with Crippen LogP contribution in [-0.4, -0.2) is 68.2 Å². The third-order valence-electron chi connectivity index (χ3n) is 8.62. The molecule has 4 heterocycles. The summed E-state index contributed by atoms with van der Waals surface area (Å²) in [5.74, 6) is 1.96. The Morgan fingerprint density at radius 1 is 1.00 bits per heavy atom. The van der Waals surface area contributed by atoms with Gasteiger partial charge in [-0.2, -0.15) is 5.10 Å². The first-order chi connectivity index (χ1) is 20.7. The fraction of sp³-hybridized carbons (Fsp3) is 0.333. The molecule has 2 aliphatic rings. The second kappa shape index (κ2) is 11.9. The number of fused-ring (bicyclic) bond motifs is 1. The number of morpholine rings is 1. The molecule has 42 heavy (non-hydrogen) atoms. The molecule has 7 rings (SSSR count). The number of hydrogen-bond acceptors (Lipinski definition) is 7. The number of Topliss-reactive ketones (excluding diaryl/α,β-unsaturated/α-hetero) is 1. The predicted molar refractivity (Wildman–Crippen MR) is 164 cm³/mol. The molecule has 0 bridgehead atoms. The highest BCUT2D eigenvalue weighted by molar-refractivity contribution is 6.00. The van der Waals surface area contributed by atoms with Crippen molar-refractivity contribution >= 4 is 28.2 Å². The molecule has 3 aromatic heterocycles. The highest BCUT2D eigenvalue weighted by Gasteiger charge is 2.29. The van der Waals surface area contributed by atoms with E-state index < -0.39 is 0 Å². The lowest BCUT2D eigenvalue weighted by Crippen LogP contribution is -2.45. The molecule has 0 amide bonds. The van der Waals surface area contributed by atoms with Gasteiger partial charge in [-0.25, -0.2) is 9.97 Å². The molecule has 214 valence electrons. The SMILES string of the molecule is O=C(CC1CCCC(N2CCOCC2)C1)c1cc2ccc(-c3nccc(Nc4ccc(-c5cn[nH]c5)cc4)n3)cc2[nH]1. The van der Waals surface area contributed by atoms with Crippen LogP contribution < -0.4 is 5.32 Å². The van der Waals surface area contributed by atoms with E-state index in [1.165, 1.54) is 12.8 Å². The Morgan fingerprint density at radius 3 is 2.69 bits per heavy atom. The van der Waals surface area contributed by atoms with Gasteiger partial charge in [-0.15, -0.1) is 0 Å². The summed E-state index contributed by atoms with van der Waals surface area (Å²) < 4.78 is 5.54. The van der Waals surface area contributed by atoms with Crippen LogP contribution in [0.25, 0.3) is 33.4 Å². The van der Waals surface area contributed by atoms with Crippen molar-refractivity contribution in [2.45, 2.75) is 38.1 Å². The van der Waals surface area contributed by atoms with Crippen LogP contribution in [0.1, 0.15) is 42.6 Å².